The van der Waals surface area contributed by atoms with E-state index in [0.717, 1.165) is 22.2 Å². The van der Waals surface area contributed by atoms with E-state index in [9.17, 15) is 0 Å². The van der Waals surface area contributed by atoms with Crippen molar-refractivity contribution in [2.75, 3.05) is 0 Å². The summed E-state index contributed by atoms with van der Waals surface area (Å²) < 4.78 is 5.76. The van der Waals surface area contributed by atoms with E-state index in [4.69, 9.17) is 16.3 Å². The molecule has 3 aromatic rings. The van der Waals surface area contributed by atoms with Crippen molar-refractivity contribution in [2.24, 2.45) is 0 Å². The highest BCUT2D eigenvalue weighted by Crippen LogP contribution is 2.25. The predicted octanol–water partition coefficient (Wildman–Crippen LogP) is 4.47. The van der Waals surface area contributed by atoms with Crippen LogP contribution >= 0.6 is 11.6 Å². The summed E-state index contributed by atoms with van der Waals surface area (Å²) >= 11 is 6.10. The molecule has 0 fully saturated rings. The second kappa shape index (κ2) is 5.29. The molecule has 94 valence electrons. The Bertz CT molecular complexity index is 697. The topological polar surface area (TPSA) is 22.1 Å². The van der Waals surface area contributed by atoms with Gasteiger partial charge in [0.2, 0.25) is 0 Å². The Morgan fingerprint density at radius 3 is 2.68 bits per heavy atom. The number of pyridine rings is 1. The van der Waals surface area contributed by atoms with Crippen LogP contribution in [0, 0.1) is 0 Å². The number of fused-ring (bicyclic) bond motifs is 1. The molecule has 1 heterocycles. The lowest BCUT2D eigenvalue weighted by Gasteiger charge is -2.07. The monoisotopic (exact) mass is 269 g/mol. The van der Waals surface area contributed by atoms with Crippen molar-refractivity contribution < 1.29 is 4.74 Å². The normalized spacial score (nSPS) is 10.6. The van der Waals surface area contributed by atoms with Gasteiger partial charge in [0, 0.05) is 17.6 Å². The van der Waals surface area contributed by atoms with Crippen LogP contribution in [0.15, 0.2) is 60.8 Å². The molecule has 2 aromatic carbocycles. The molecule has 0 aliphatic rings. The van der Waals surface area contributed by atoms with Gasteiger partial charge in [0.15, 0.2) is 0 Å². The molecule has 0 N–H and O–H groups in total. The quantitative estimate of drug-likeness (QED) is 0.700. The van der Waals surface area contributed by atoms with Crippen molar-refractivity contribution in [3.8, 4) is 5.75 Å². The fourth-order valence-corrected chi connectivity index (χ4v) is 2.14. The Labute approximate surface area is 116 Å². The molecule has 19 heavy (non-hydrogen) atoms. The molecule has 3 rings (SSSR count). The van der Waals surface area contributed by atoms with E-state index in [1.165, 1.54) is 0 Å². The molecule has 0 aliphatic carbocycles. The van der Waals surface area contributed by atoms with Crippen LogP contribution in [0.5, 0.6) is 5.75 Å². The number of benzene rings is 2. The van der Waals surface area contributed by atoms with Crippen molar-refractivity contribution in [1.82, 2.24) is 4.98 Å². The number of hydrogen-bond donors (Lipinski definition) is 0. The minimum atomic E-state index is 0.549. The fraction of sp³-hybridized carbons (Fsp3) is 0.0625. The van der Waals surface area contributed by atoms with E-state index in [1.807, 2.05) is 48.5 Å². The average Bonchev–Trinajstić information content (AvgIpc) is 2.46. The lowest BCUT2D eigenvalue weighted by Crippen LogP contribution is -1.95. The van der Waals surface area contributed by atoms with Crippen molar-refractivity contribution in [1.29, 1.82) is 0 Å². The molecule has 0 unspecified atom stereocenters. The van der Waals surface area contributed by atoms with Gasteiger partial charge in [-0.3, -0.25) is 4.98 Å². The molecule has 2 nitrogen and oxygen atoms in total. The molecule has 1 aromatic heterocycles. The van der Waals surface area contributed by atoms with Crippen LogP contribution < -0.4 is 4.74 Å². The smallest absolute Gasteiger partial charge is 0.122 e. The van der Waals surface area contributed by atoms with Crippen LogP contribution in [0.1, 0.15) is 5.56 Å². The van der Waals surface area contributed by atoms with Crippen LogP contribution in [-0.4, -0.2) is 4.98 Å². The summed E-state index contributed by atoms with van der Waals surface area (Å²) in [6.45, 7) is 0.549. The zero-order chi connectivity index (χ0) is 13.1. The van der Waals surface area contributed by atoms with Gasteiger partial charge in [-0.05, 0) is 23.8 Å². The Hall–Kier alpha value is -2.06. The van der Waals surface area contributed by atoms with Crippen molar-refractivity contribution in [3.05, 3.63) is 71.4 Å². The van der Waals surface area contributed by atoms with Crippen LogP contribution in [0.25, 0.3) is 10.9 Å². The first-order chi connectivity index (χ1) is 9.33. The molecular weight excluding hydrogens is 258 g/mol. The van der Waals surface area contributed by atoms with E-state index in [0.29, 0.717) is 11.6 Å². The van der Waals surface area contributed by atoms with Crippen LogP contribution in [0.2, 0.25) is 5.02 Å². The van der Waals surface area contributed by atoms with E-state index in [1.54, 1.807) is 12.3 Å². The first kappa shape index (κ1) is 12.0. The number of aromatic nitrogens is 1. The minimum absolute atomic E-state index is 0.549. The van der Waals surface area contributed by atoms with Crippen LogP contribution in [-0.2, 0) is 6.61 Å². The Morgan fingerprint density at radius 1 is 1.00 bits per heavy atom. The minimum Gasteiger partial charge on any atom is -0.489 e. The molecule has 0 amide bonds. The van der Waals surface area contributed by atoms with E-state index < -0.39 is 0 Å². The summed E-state index contributed by atoms with van der Waals surface area (Å²) in [6, 6.07) is 17.6. The van der Waals surface area contributed by atoms with E-state index in [-0.39, 0.29) is 0 Å². The number of ether oxygens (including phenoxy) is 1. The second-order valence-electron chi connectivity index (χ2n) is 4.25. The summed E-state index contributed by atoms with van der Waals surface area (Å²) in [4.78, 5) is 4.29. The summed E-state index contributed by atoms with van der Waals surface area (Å²) in [7, 11) is 0. The first-order valence-corrected chi connectivity index (χ1v) is 6.42. The Balaban J connectivity index is 1.82. The highest BCUT2D eigenvalue weighted by Gasteiger charge is 2.02. The third-order valence-electron chi connectivity index (χ3n) is 2.91. The predicted molar refractivity (Wildman–Crippen MR) is 77.5 cm³/mol. The van der Waals surface area contributed by atoms with Gasteiger partial charge in [-0.15, -0.1) is 0 Å². The van der Waals surface area contributed by atoms with Crippen molar-refractivity contribution in [2.45, 2.75) is 6.61 Å². The molecule has 0 radical (unpaired) electrons. The van der Waals surface area contributed by atoms with Gasteiger partial charge in [0.1, 0.15) is 12.4 Å². The van der Waals surface area contributed by atoms with Crippen LogP contribution in [0.4, 0.5) is 0 Å². The molecular formula is C16H12ClNO. The summed E-state index contributed by atoms with van der Waals surface area (Å²) in [6.07, 6.45) is 1.70. The maximum atomic E-state index is 6.10. The van der Waals surface area contributed by atoms with Gasteiger partial charge in [-0.2, -0.15) is 0 Å². The first-order valence-electron chi connectivity index (χ1n) is 6.04. The lowest BCUT2D eigenvalue weighted by atomic mass is 10.2. The number of hydrogen-bond acceptors (Lipinski definition) is 2. The van der Waals surface area contributed by atoms with Gasteiger partial charge in [-0.1, -0.05) is 41.9 Å². The van der Waals surface area contributed by atoms with E-state index in [2.05, 4.69) is 4.98 Å². The average molecular weight is 270 g/mol. The number of nitrogens with zero attached hydrogens (tertiary/aromatic N) is 1. The Morgan fingerprint density at radius 2 is 1.84 bits per heavy atom. The zero-order valence-electron chi connectivity index (χ0n) is 10.2. The van der Waals surface area contributed by atoms with Gasteiger partial charge in [0.05, 0.1) is 10.5 Å². The third kappa shape index (κ3) is 2.69. The van der Waals surface area contributed by atoms with Gasteiger partial charge >= 0.3 is 0 Å². The molecule has 0 atom stereocenters. The second-order valence-corrected chi connectivity index (χ2v) is 4.65. The van der Waals surface area contributed by atoms with Crippen LogP contribution in [0.3, 0.4) is 0 Å². The molecule has 0 bridgehead atoms. The lowest BCUT2D eigenvalue weighted by molar-refractivity contribution is 0.306. The fourth-order valence-electron chi connectivity index (χ4n) is 1.92. The van der Waals surface area contributed by atoms with Gasteiger partial charge in [-0.25, -0.2) is 0 Å². The molecule has 0 aliphatic heterocycles. The molecule has 0 saturated heterocycles. The van der Waals surface area contributed by atoms with Crippen molar-refractivity contribution >= 4 is 22.5 Å². The summed E-state index contributed by atoms with van der Waals surface area (Å²) in [5.74, 6) is 0.797. The van der Waals surface area contributed by atoms with Gasteiger partial charge in [0.25, 0.3) is 0 Å². The van der Waals surface area contributed by atoms with Crippen molar-refractivity contribution in [3.63, 3.8) is 0 Å². The largest absolute Gasteiger partial charge is 0.489 e. The SMILES string of the molecule is Clc1ccnc2cc(OCc3ccccc3)ccc12. The third-order valence-corrected chi connectivity index (χ3v) is 3.24. The number of rotatable bonds is 3. The highest BCUT2D eigenvalue weighted by molar-refractivity contribution is 6.35. The highest BCUT2D eigenvalue weighted by atomic mass is 35.5. The van der Waals surface area contributed by atoms with Gasteiger partial charge < -0.3 is 4.74 Å². The zero-order valence-corrected chi connectivity index (χ0v) is 11.0. The maximum Gasteiger partial charge on any atom is 0.122 e. The summed E-state index contributed by atoms with van der Waals surface area (Å²) in [5.41, 5.74) is 1.99. The molecule has 0 spiro atoms. The molecule has 0 saturated carbocycles. The summed E-state index contributed by atoms with van der Waals surface area (Å²) in [5, 5.41) is 1.65. The molecule has 3 heteroatoms. The number of halogens is 1. The standard InChI is InChI=1S/C16H12ClNO/c17-15-8-9-18-16-10-13(6-7-14(15)16)19-11-12-4-2-1-3-5-12/h1-10H,11H2. The maximum absolute atomic E-state index is 6.10. The Kier molecular flexibility index (Phi) is 3.34. The van der Waals surface area contributed by atoms with E-state index >= 15 is 0 Å².